The highest BCUT2D eigenvalue weighted by atomic mass is 16.5. The van der Waals surface area contributed by atoms with Gasteiger partial charge in [0.15, 0.2) is 0 Å². The van der Waals surface area contributed by atoms with Crippen LogP contribution in [0.5, 0.6) is 0 Å². The molecule has 0 aromatic heterocycles. The van der Waals surface area contributed by atoms with E-state index in [0.717, 1.165) is 24.8 Å². The molecule has 2 amide bonds. The van der Waals surface area contributed by atoms with Gasteiger partial charge >= 0.3 is 11.9 Å². The standard InChI is InChI=1S/C27H44N4O6/c1-6-8-9-17(4)22(37-27(36)24(29)16(3)7-2)15-23(32)31-21(25(33)30-18(5)26(34)35)14-19-10-12-20(28)13-11-19/h10-13,16-18,21-22,24H,6-9,14-15,28-29H2,1-5H3,(H,30,33)(H,31,32)(H,34,35)/t16-,17-,18-,21-,22-,24+/m0/s1. The summed E-state index contributed by atoms with van der Waals surface area (Å²) in [5, 5.41) is 14.3. The van der Waals surface area contributed by atoms with Gasteiger partial charge in [0.25, 0.3) is 0 Å². The quantitative estimate of drug-likeness (QED) is 0.163. The van der Waals surface area contributed by atoms with E-state index in [9.17, 15) is 24.3 Å². The van der Waals surface area contributed by atoms with Gasteiger partial charge in [0.1, 0.15) is 24.2 Å². The van der Waals surface area contributed by atoms with Crippen LogP contribution in [0.3, 0.4) is 0 Å². The highest BCUT2D eigenvalue weighted by Gasteiger charge is 2.31. The van der Waals surface area contributed by atoms with Gasteiger partial charge in [0, 0.05) is 12.1 Å². The predicted molar refractivity (Wildman–Crippen MR) is 142 cm³/mol. The first-order valence-corrected chi connectivity index (χ1v) is 13.0. The summed E-state index contributed by atoms with van der Waals surface area (Å²) in [6, 6.07) is 3.85. The fourth-order valence-electron chi connectivity index (χ4n) is 3.70. The third kappa shape index (κ3) is 11.2. The van der Waals surface area contributed by atoms with Crippen LogP contribution in [-0.4, -0.2) is 53.1 Å². The van der Waals surface area contributed by atoms with Crippen molar-refractivity contribution < 1.29 is 29.0 Å². The number of carboxylic acid groups (broad SMARTS) is 1. The molecule has 0 aliphatic rings. The Hall–Kier alpha value is -3.14. The molecule has 0 aliphatic heterocycles. The molecule has 0 saturated carbocycles. The monoisotopic (exact) mass is 520 g/mol. The number of nitrogen functional groups attached to an aromatic ring is 1. The Balaban J connectivity index is 3.05. The topological polar surface area (TPSA) is 174 Å². The zero-order valence-electron chi connectivity index (χ0n) is 22.7. The molecule has 0 aliphatic carbocycles. The van der Waals surface area contributed by atoms with Crippen molar-refractivity contribution in [2.75, 3.05) is 5.73 Å². The van der Waals surface area contributed by atoms with Gasteiger partial charge in [0.2, 0.25) is 11.8 Å². The summed E-state index contributed by atoms with van der Waals surface area (Å²) in [6.07, 6.45) is 2.59. The van der Waals surface area contributed by atoms with Crippen LogP contribution in [0.2, 0.25) is 0 Å². The van der Waals surface area contributed by atoms with Gasteiger partial charge in [-0.2, -0.15) is 0 Å². The van der Waals surface area contributed by atoms with Gasteiger partial charge in [-0.05, 0) is 42.9 Å². The van der Waals surface area contributed by atoms with Crippen LogP contribution >= 0.6 is 0 Å². The number of esters is 1. The molecular weight excluding hydrogens is 476 g/mol. The minimum absolute atomic E-state index is 0.0721. The minimum Gasteiger partial charge on any atom is -0.480 e. The predicted octanol–water partition coefficient (Wildman–Crippen LogP) is 2.39. The summed E-state index contributed by atoms with van der Waals surface area (Å²) in [5.74, 6) is -3.04. The van der Waals surface area contributed by atoms with E-state index < -0.39 is 48.0 Å². The number of nitrogens with one attached hydrogen (secondary N) is 2. The maximum atomic E-state index is 13.1. The minimum atomic E-state index is -1.19. The second-order valence-corrected chi connectivity index (χ2v) is 9.84. The molecular formula is C27H44N4O6. The fraction of sp³-hybridized carbons (Fsp3) is 0.630. The molecule has 6 atom stereocenters. The van der Waals surface area contributed by atoms with Crippen LogP contribution in [0.25, 0.3) is 0 Å². The van der Waals surface area contributed by atoms with E-state index in [1.165, 1.54) is 6.92 Å². The average Bonchev–Trinajstić information content (AvgIpc) is 2.86. The van der Waals surface area contributed by atoms with Crippen LogP contribution in [0.15, 0.2) is 24.3 Å². The lowest BCUT2D eigenvalue weighted by atomic mass is 9.94. The molecule has 0 radical (unpaired) electrons. The number of ether oxygens (including phenoxy) is 1. The Morgan fingerprint density at radius 3 is 2.16 bits per heavy atom. The van der Waals surface area contributed by atoms with Gasteiger partial charge in [-0.15, -0.1) is 0 Å². The van der Waals surface area contributed by atoms with E-state index >= 15 is 0 Å². The van der Waals surface area contributed by atoms with E-state index in [-0.39, 0.29) is 24.7 Å². The van der Waals surface area contributed by atoms with Crippen LogP contribution in [0.1, 0.15) is 72.3 Å². The Kier molecular flexibility index (Phi) is 13.7. The molecule has 10 heteroatoms. The van der Waals surface area contributed by atoms with Crippen LogP contribution < -0.4 is 22.1 Å². The van der Waals surface area contributed by atoms with Gasteiger partial charge in [-0.1, -0.05) is 59.1 Å². The molecule has 1 aromatic rings. The summed E-state index contributed by atoms with van der Waals surface area (Å²) in [7, 11) is 0. The maximum absolute atomic E-state index is 13.1. The number of nitrogens with two attached hydrogens (primary N) is 2. The van der Waals surface area contributed by atoms with Crippen molar-refractivity contribution in [3.63, 3.8) is 0 Å². The maximum Gasteiger partial charge on any atom is 0.325 e. The number of hydrogen-bond donors (Lipinski definition) is 5. The number of hydrogen-bond acceptors (Lipinski definition) is 7. The highest BCUT2D eigenvalue weighted by Crippen LogP contribution is 2.20. The van der Waals surface area contributed by atoms with E-state index in [0.29, 0.717) is 12.1 Å². The lowest BCUT2D eigenvalue weighted by molar-refractivity contribution is -0.156. The smallest absolute Gasteiger partial charge is 0.325 e. The second kappa shape index (κ2) is 15.9. The molecule has 208 valence electrons. The molecule has 37 heavy (non-hydrogen) atoms. The van der Waals surface area contributed by atoms with Crippen molar-refractivity contribution in [1.29, 1.82) is 0 Å². The average molecular weight is 521 g/mol. The summed E-state index contributed by atoms with van der Waals surface area (Å²) in [5.41, 5.74) is 13.1. The van der Waals surface area contributed by atoms with E-state index in [2.05, 4.69) is 17.6 Å². The SMILES string of the molecule is CCCC[C@H](C)[C@H](CC(=O)N[C@@H](Cc1ccc(N)cc1)C(=O)N[C@@H](C)C(=O)O)OC(=O)[C@H](N)[C@@H](C)CC. The molecule has 0 bridgehead atoms. The van der Waals surface area contributed by atoms with Crippen LogP contribution in [0.4, 0.5) is 5.69 Å². The molecule has 0 saturated heterocycles. The van der Waals surface area contributed by atoms with E-state index in [1.54, 1.807) is 24.3 Å². The number of carbonyl (C=O) groups is 4. The van der Waals surface area contributed by atoms with Crippen molar-refractivity contribution in [2.45, 2.75) is 97.4 Å². The van der Waals surface area contributed by atoms with Gasteiger partial charge in [-0.3, -0.25) is 19.2 Å². The Morgan fingerprint density at radius 1 is 1.00 bits per heavy atom. The number of amides is 2. The van der Waals surface area contributed by atoms with Crippen LogP contribution in [0, 0.1) is 11.8 Å². The molecule has 0 heterocycles. The van der Waals surface area contributed by atoms with Gasteiger partial charge < -0.3 is 31.9 Å². The zero-order chi connectivity index (χ0) is 28.1. The number of unbranched alkanes of at least 4 members (excludes halogenated alkanes) is 1. The van der Waals surface area contributed by atoms with E-state index in [4.69, 9.17) is 16.2 Å². The summed E-state index contributed by atoms with van der Waals surface area (Å²) >= 11 is 0. The number of carboxylic acids is 1. The van der Waals surface area contributed by atoms with Gasteiger partial charge in [0.05, 0.1) is 6.42 Å². The lowest BCUT2D eigenvalue weighted by Crippen LogP contribution is -2.52. The number of anilines is 1. The molecule has 1 aromatic carbocycles. The Bertz CT molecular complexity index is 891. The fourth-order valence-corrected chi connectivity index (χ4v) is 3.70. The van der Waals surface area contributed by atoms with Crippen molar-refractivity contribution in [3.8, 4) is 0 Å². The molecule has 0 spiro atoms. The first-order chi connectivity index (χ1) is 17.4. The van der Waals surface area contributed by atoms with Crippen molar-refractivity contribution >= 4 is 29.4 Å². The molecule has 1 rings (SSSR count). The largest absolute Gasteiger partial charge is 0.480 e. The second-order valence-electron chi connectivity index (χ2n) is 9.84. The number of aliphatic carboxylic acids is 1. The summed E-state index contributed by atoms with van der Waals surface area (Å²) < 4.78 is 5.72. The normalized spacial score (nSPS) is 15.9. The van der Waals surface area contributed by atoms with Crippen LogP contribution in [-0.2, 0) is 30.3 Å². The number of benzene rings is 1. The van der Waals surface area contributed by atoms with Crippen molar-refractivity contribution in [3.05, 3.63) is 29.8 Å². The molecule has 0 unspecified atom stereocenters. The Labute approximate surface area is 219 Å². The number of rotatable bonds is 16. The third-order valence-corrected chi connectivity index (χ3v) is 6.63. The van der Waals surface area contributed by atoms with Crippen molar-refractivity contribution in [1.82, 2.24) is 10.6 Å². The number of carbonyl (C=O) groups excluding carboxylic acids is 3. The van der Waals surface area contributed by atoms with Gasteiger partial charge in [-0.25, -0.2) is 0 Å². The third-order valence-electron chi connectivity index (χ3n) is 6.63. The molecule has 10 nitrogen and oxygen atoms in total. The van der Waals surface area contributed by atoms with E-state index in [1.807, 2.05) is 20.8 Å². The zero-order valence-corrected chi connectivity index (χ0v) is 22.7. The summed E-state index contributed by atoms with van der Waals surface area (Å²) in [4.78, 5) is 49.9. The van der Waals surface area contributed by atoms with Crippen molar-refractivity contribution in [2.24, 2.45) is 17.6 Å². The molecule has 0 fully saturated rings. The summed E-state index contributed by atoms with van der Waals surface area (Å²) in [6.45, 7) is 9.12. The lowest BCUT2D eigenvalue weighted by Gasteiger charge is -2.27. The molecule has 7 N–H and O–H groups in total. The highest BCUT2D eigenvalue weighted by molar-refractivity contribution is 5.90. The first-order valence-electron chi connectivity index (χ1n) is 13.0. The Morgan fingerprint density at radius 2 is 1.62 bits per heavy atom. The first kappa shape index (κ1) is 31.9.